The second kappa shape index (κ2) is 6.58. The first-order chi connectivity index (χ1) is 9.72. The van der Waals surface area contributed by atoms with Crippen LogP contribution >= 0.6 is 0 Å². The fourth-order valence-electron chi connectivity index (χ4n) is 1.91. The zero-order valence-electron chi connectivity index (χ0n) is 13.9. The Balaban J connectivity index is 3.34. The average Bonchev–Trinajstić information content (AvgIpc) is 2.45. The highest BCUT2D eigenvalue weighted by molar-refractivity contribution is 5.58. The van der Waals surface area contributed by atoms with Crippen LogP contribution in [0.3, 0.4) is 0 Å². The van der Waals surface area contributed by atoms with Crippen molar-refractivity contribution < 1.29 is 10.2 Å². The Kier molecular flexibility index (Phi) is 5.53. The van der Waals surface area contributed by atoms with Gasteiger partial charge in [-0.05, 0) is 13.3 Å². The van der Waals surface area contributed by atoms with E-state index in [4.69, 9.17) is 0 Å². The maximum Gasteiger partial charge on any atom is 0.138 e. The van der Waals surface area contributed by atoms with Gasteiger partial charge in [0, 0.05) is 18.0 Å². The molecule has 0 aliphatic rings. The number of rotatable bonds is 6. The molecular weight excluding hydrogens is 268 g/mol. The SMILES string of the molecule is CCC(CO)(CO)Nc1nc(C(C)(C)C)nc(NC)c1C. The molecule has 21 heavy (non-hydrogen) atoms. The first-order valence-electron chi connectivity index (χ1n) is 7.29. The largest absolute Gasteiger partial charge is 0.394 e. The van der Waals surface area contributed by atoms with Crippen molar-refractivity contribution in [1.29, 1.82) is 0 Å². The molecule has 0 atom stereocenters. The van der Waals surface area contributed by atoms with E-state index >= 15 is 0 Å². The molecule has 0 spiro atoms. The van der Waals surface area contributed by atoms with Crippen LogP contribution in [0.2, 0.25) is 0 Å². The molecule has 1 aromatic rings. The van der Waals surface area contributed by atoms with Gasteiger partial charge in [-0.25, -0.2) is 9.97 Å². The molecule has 0 bridgehead atoms. The summed E-state index contributed by atoms with van der Waals surface area (Å²) in [5.41, 5.74) is -0.104. The van der Waals surface area contributed by atoms with Crippen molar-refractivity contribution in [3.8, 4) is 0 Å². The fourth-order valence-corrected chi connectivity index (χ4v) is 1.91. The first-order valence-corrected chi connectivity index (χ1v) is 7.29. The third-order valence-corrected chi connectivity index (χ3v) is 3.72. The molecule has 0 aromatic carbocycles. The minimum Gasteiger partial charge on any atom is -0.394 e. The van der Waals surface area contributed by atoms with Crippen LogP contribution in [0, 0.1) is 6.92 Å². The Bertz CT molecular complexity index is 471. The summed E-state index contributed by atoms with van der Waals surface area (Å²) in [6.45, 7) is 9.64. The van der Waals surface area contributed by atoms with E-state index in [0.29, 0.717) is 18.1 Å². The van der Waals surface area contributed by atoms with E-state index in [-0.39, 0.29) is 18.6 Å². The van der Waals surface area contributed by atoms with E-state index in [1.165, 1.54) is 0 Å². The summed E-state index contributed by atoms with van der Waals surface area (Å²) < 4.78 is 0. The summed E-state index contributed by atoms with van der Waals surface area (Å²) in [4.78, 5) is 9.14. The minimum atomic E-state index is -0.778. The van der Waals surface area contributed by atoms with Crippen molar-refractivity contribution in [2.24, 2.45) is 0 Å². The molecular formula is C15H28N4O2. The molecule has 1 heterocycles. The van der Waals surface area contributed by atoms with E-state index in [0.717, 1.165) is 11.4 Å². The van der Waals surface area contributed by atoms with Crippen LogP contribution in [0.1, 0.15) is 45.5 Å². The molecule has 0 fully saturated rings. The lowest BCUT2D eigenvalue weighted by Crippen LogP contribution is -2.45. The van der Waals surface area contributed by atoms with E-state index in [2.05, 4.69) is 20.6 Å². The van der Waals surface area contributed by atoms with Gasteiger partial charge in [-0.1, -0.05) is 27.7 Å². The number of nitrogens with one attached hydrogen (secondary N) is 2. The number of aliphatic hydroxyl groups excluding tert-OH is 2. The third kappa shape index (κ3) is 3.83. The fraction of sp³-hybridized carbons (Fsp3) is 0.733. The highest BCUT2D eigenvalue weighted by atomic mass is 16.3. The summed E-state index contributed by atoms with van der Waals surface area (Å²) in [5.74, 6) is 2.10. The van der Waals surface area contributed by atoms with E-state index < -0.39 is 5.54 Å². The summed E-state index contributed by atoms with van der Waals surface area (Å²) in [7, 11) is 1.82. The topological polar surface area (TPSA) is 90.3 Å². The maximum absolute atomic E-state index is 9.60. The van der Waals surface area contributed by atoms with Crippen molar-refractivity contribution >= 4 is 11.6 Å². The Labute approximate surface area is 127 Å². The lowest BCUT2D eigenvalue weighted by molar-refractivity contribution is 0.132. The quantitative estimate of drug-likeness (QED) is 0.638. The van der Waals surface area contributed by atoms with Gasteiger partial charge in [0.25, 0.3) is 0 Å². The molecule has 1 aromatic heterocycles. The highest BCUT2D eigenvalue weighted by Gasteiger charge is 2.29. The lowest BCUT2D eigenvalue weighted by atomic mass is 9.95. The number of aromatic nitrogens is 2. The number of anilines is 2. The minimum absolute atomic E-state index is 0.164. The highest BCUT2D eigenvalue weighted by Crippen LogP contribution is 2.28. The second-order valence-electron chi connectivity index (χ2n) is 6.44. The predicted molar refractivity (Wildman–Crippen MR) is 85.8 cm³/mol. The molecule has 120 valence electrons. The standard InChI is InChI=1S/C15H28N4O2/c1-7-15(8-20,9-21)19-12-10(2)11(16-6)17-13(18-12)14(3,4)5/h20-21H,7-9H2,1-6H3,(H2,16,17,18,19). The molecule has 0 aliphatic carbocycles. The summed E-state index contributed by atoms with van der Waals surface area (Å²) in [6, 6.07) is 0. The van der Waals surface area contributed by atoms with Gasteiger partial charge in [-0.15, -0.1) is 0 Å². The van der Waals surface area contributed by atoms with Gasteiger partial charge < -0.3 is 20.8 Å². The van der Waals surface area contributed by atoms with Crippen LogP contribution in [0.25, 0.3) is 0 Å². The Morgan fingerprint density at radius 2 is 1.57 bits per heavy atom. The zero-order chi connectivity index (χ0) is 16.3. The molecule has 0 saturated carbocycles. The molecule has 0 saturated heterocycles. The number of hydrogen-bond acceptors (Lipinski definition) is 6. The van der Waals surface area contributed by atoms with Gasteiger partial charge in [0.15, 0.2) is 0 Å². The van der Waals surface area contributed by atoms with Crippen LogP contribution < -0.4 is 10.6 Å². The summed E-state index contributed by atoms with van der Waals surface area (Å²) >= 11 is 0. The van der Waals surface area contributed by atoms with Gasteiger partial charge in [-0.3, -0.25) is 0 Å². The van der Waals surface area contributed by atoms with Gasteiger partial charge in [0.2, 0.25) is 0 Å². The summed E-state index contributed by atoms with van der Waals surface area (Å²) in [6.07, 6.45) is 0.586. The van der Waals surface area contributed by atoms with E-state index in [1.54, 1.807) is 0 Å². The van der Waals surface area contributed by atoms with Crippen LogP contribution in [-0.4, -0.2) is 46.0 Å². The number of hydrogen-bond donors (Lipinski definition) is 4. The van der Waals surface area contributed by atoms with Crippen molar-refractivity contribution in [3.05, 3.63) is 11.4 Å². The summed E-state index contributed by atoms with van der Waals surface area (Å²) in [5, 5.41) is 25.5. The zero-order valence-corrected chi connectivity index (χ0v) is 13.9. The molecule has 0 radical (unpaired) electrons. The Hall–Kier alpha value is -1.40. The van der Waals surface area contributed by atoms with E-state index in [9.17, 15) is 10.2 Å². The van der Waals surface area contributed by atoms with Crippen LogP contribution in [0.4, 0.5) is 11.6 Å². The van der Waals surface area contributed by atoms with Crippen molar-refractivity contribution in [2.45, 2.75) is 52.0 Å². The molecule has 6 nitrogen and oxygen atoms in total. The predicted octanol–water partition coefficient (Wildman–Crippen LogP) is 1.67. The van der Waals surface area contributed by atoms with Gasteiger partial charge in [-0.2, -0.15) is 0 Å². The number of nitrogens with zero attached hydrogens (tertiary/aromatic N) is 2. The lowest BCUT2D eigenvalue weighted by Gasteiger charge is -2.32. The smallest absolute Gasteiger partial charge is 0.138 e. The molecule has 4 N–H and O–H groups in total. The van der Waals surface area contributed by atoms with Crippen LogP contribution in [-0.2, 0) is 5.41 Å². The maximum atomic E-state index is 9.60. The Morgan fingerprint density at radius 3 is 1.95 bits per heavy atom. The normalized spacial score (nSPS) is 12.4. The van der Waals surface area contributed by atoms with Gasteiger partial charge >= 0.3 is 0 Å². The molecule has 0 aliphatic heterocycles. The van der Waals surface area contributed by atoms with Crippen LogP contribution in [0.5, 0.6) is 0 Å². The monoisotopic (exact) mass is 296 g/mol. The van der Waals surface area contributed by atoms with Crippen LogP contribution in [0.15, 0.2) is 0 Å². The second-order valence-corrected chi connectivity index (χ2v) is 6.44. The Morgan fingerprint density at radius 1 is 1.05 bits per heavy atom. The third-order valence-electron chi connectivity index (χ3n) is 3.72. The molecule has 0 amide bonds. The average molecular weight is 296 g/mol. The van der Waals surface area contributed by atoms with Gasteiger partial charge in [0.05, 0.1) is 18.8 Å². The van der Waals surface area contributed by atoms with Crippen molar-refractivity contribution in [1.82, 2.24) is 9.97 Å². The number of aliphatic hydroxyl groups is 2. The molecule has 6 heteroatoms. The van der Waals surface area contributed by atoms with Gasteiger partial charge in [0.1, 0.15) is 17.5 Å². The van der Waals surface area contributed by atoms with E-state index in [1.807, 2.05) is 41.7 Å². The van der Waals surface area contributed by atoms with Crippen molar-refractivity contribution in [2.75, 3.05) is 30.9 Å². The molecule has 1 rings (SSSR count). The first kappa shape index (κ1) is 17.7. The van der Waals surface area contributed by atoms with Crippen molar-refractivity contribution in [3.63, 3.8) is 0 Å². The molecule has 0 unspecified atom stereocenters.